The minimum Gasteiger partial charge on any atom is -0.507 e. The van der Waals surface area contributed by atoms with Gasteiger partial charge < -0.3 is 19.6 Å². The van der Waals surface area contributed by atoms with Gasteiger partial charge in [-0.05, 0) is 55.0 Å². The molecule has 0 saturated carbocycles. The zero-order valence-electron chi connectivity index (χ0n) is 19.3. The highest BCUT2D eigenvalue weighted by molar-refractivity contribution is 6.32. The van der Waals surface area contributed by atoms with Crippen molar-refractivity contribution in [3.63, 3.8) is 0 Å². The summed E-state index contributed by atoms with van der Waals surface area (Å²) in [7, 11) is 1.48. The second-order valence-corrected chi connectivity index (χ2v) is 8.48. The maximum Gasteiger partial charge on any atom is 0.273 e. The molecule has 0 saturated heterocycles. The van der Waals surface area contributed by atoms with E-state index in [-0.39, 0.29) is 33.5 Å². The molecular weight excluding hydrogens is 482 g/mol. The van der Waals surface area contributed by atoms with Gasteiger partial charge in [-0.2, -0.15) is 5.10 Å². The second-order valence-electron chi connectivity index (χ2n) is 8.07. The summed E-state index contributed by atoms with van der Waals surface area (Å²) >= 11 is 6.21. The SMILES string of the molecule is COc1ccc(C(=O)c2oc3ccccc3c2NC(=O)c2cc(-c3cccc(C)c3O)n[nH]2)cc1Cl. The van der Waals surface area contributed by atoms with Gasteiger partial charge in [0, 0.05) is 16.5 Å². The van der Waals surface area contributed by atoms with Crippen molar-refractivity contribution < 1.29 is 23.8 Å². The van der Waals surface area contributed by atoms with E-state index in [1.54, 1.807) is 61.5 Å². The summed E-state index contributed by atoms with van der Waals surface area (Å²) < 4.78 is 11.0. The van der Waals surface area contributed by atoms with Crippen molar-refractivity contribution >= 4 is 39.9 Å². The number of aromatic hydroxyl groups is 1. The Morgan fingerprint density at radius 1 is 1.08 bits per heavy atom. The molecule has 0 fully saturated rings. The van der Waals surface area contributed by atoms with Crippen LogP contribution in [0.4, 0.5) is 5.69 Å². The molecule has 0 atom stereocenters. The molecule has 0 aliphatic heterocycles. The molecule has 3 N–H and O–H groups in total. The molecule has 0 radical (unpaired) electrons. The highest BCUT2D eigenvalue weighted by Gasteiger charge is 2.25. The minimum atomic E-state index is -0.533. The maximum atomic E-state index is 13.4. The Morgan fingerprint density at radius 3 is 2.67 bits per heavy atom. The number of ketones is 1. The van der Waals surface area contributed by atoms with Crippen LogP contribution in [-0.2, 0) is 0 Å². The number of carbonyl (C=O) groups is 2. The standard InChI is InChI=1S/C27H20ClN3O5/c1-14-6-5-8-16(24(14)32)19-13-20(31-30-19)27(34)29-23-17-7-3-4-9-21(17)36-26(23)25(33)15-10-11-22(35-2)18(28)12-15/h3-13,32H,1-2H3,(H,29,34)(H,30,31). The van der Waals surface area contributed by atoms with Crippen LogP contribution < -0.4 is 10.1 Å². The van der Waals surface area contributed by atoms with E-state index in [4.69, 9.17) is 20.8 Å². The number of aromatic amines is 1. The number of benzene rings is 3. The summed E-state index contributed by atoms with van der Waals surface area (Å²) in [4.78, 5) is 26.5. The molecule has 0 aliphatic carbocycles. The Bertz CT molecular complexity index is 1640. The first-order valence-corrected chi connectivity index (χ1v) is 11.3. The quantitative estimate of drug-likeness (QED) is 0.246. The Balaban J connectivity index is 1.50. The number of para-hydroxylation sites is 2. The summed E-state index contributed by atoms with van der Waals surface area (Å²) in [6, 6.07) is 18.4. The number of nitrogens with one attached hydrogen (secondary N) is 2. The summed E-state index contributed by atoms with van der Waals surface area (Å²) in [5, 5.41) is 20.8. The zero-order valence-corrected chi connectivity index (χ0v) is 20.0. The number of fused-ring (bicyclic) bond motifs is 1. The van der Waals surface area contributed by atoms with Crippen LogP contribution in [0.1, 0.15) is 32.2 Å². The molecule has 0 aliphatic rings. The van der Waals surface area contributed by atoms with Gasteiger partial charge in [0.25, 0.3) is 5.91 Å². The number of aryl methyl sites for hydroxylation is 1. The molecule has 2 aromatic heterocycles. The number of phenols is 1. The van der Waals surface area contributed by atoms with Gasteiger partial charge in [-0.15, -0.1) is 0 Å². The summed E-state index contributed by atoms with van der Waals surface area (Å²) in [6.45, 7) is 1.78. The molecule has 0 bridgehead atoms. The number of anilines is 1. The summed E-state index contributed by atoms with van der Waals surface area (Å²) in [5.41, 5.74) is 2.66. The molecule has 180 valence electrons. The van der Waals surface area contributed by atoms with Crippen LogP contribution in [-0.4, -0.2) is 34.1 Å². The monoisotopic (exact) mass is 501 g/mol. The van der Waals surface area contributed by atoms with Crippen molar-refractivity contribution in [1.29, 1.82) is 0 Å². The first kappa shape index (κ1) is 23.2. The van der Waals surface area contributed by atoms with E-state index in [0.29, 0.717) is 33.5 Å². The molecule has 5 aromatic rings. The van der Waals surface area contributed by atoms with E-state index in [0.717, 1.165) is 0 Å². The second kappa shape index (κ2) is 9.24. The van der Waals surface area contributed by atoms with Gasteiger partial charge in [-0.3, -0.25) is 14.7 Å². The van der Waals surface area contributed by atoms with Gasteiger partial charge in [0.15, 0.2) is 5.76 Å². The van der Waals surface area contributed by atoms with Crippen molar-refractivity contribution in [2.24, 2.45) is 0 Å². The van der Waals surface area contributed by atoms with Gasteiger partial charge in [0.2, 0.25) is 5.78 Å². The number of rotatable bonds is 6. The smallest absolute Gasteiger partial charge is 0.273 e. The fourth-order valence-electron chi connectivity index (χ4n) is 3.89. The lowest BCUT2D eigenvalue weighted by molar-refractivity contribution is 0.101. The topological polar surface area (TPSA) is 117 Å². The molecule has 1 amide bonds. The molecule has 8 nitrogen and oxygen atoms in total. The van der Waals surface area contributed by atoms with E-state index in [9.17, 15) is 14.7 Å². The Morgan fingerprint density at radius 2 is 1.89 bits per heavy atom. The Kier molecular flexibility index (Phi) is 5.95. The van der Waals surface area contributed by atoms with Crippen LogP contribution in [0.3, 0.4) is 0 Å². The number of hydrogen-bond donors (Lipinski definition) is 3. The third kappa shape index (κ3) is 4.08. The van der Waals surface area contributed by atoms with Crippen molar-refractivity contribution in [3.05, 3.63) is 94.3 Å². The predicted octanol–water partition coefficient (Wildman–Crippen LogP) is 5.98. The normalized spacial score (nSPS) is 11.0. The average Bonchev–Trinajstić information content (AvgIpc) is 3.51. The van der Waals surface area contributed by atoms with Crippen LogP contribution in [0, 0.1) is 6.92 Å². The van der Waals surface area contributed by atoms with E-state index in [1.165, 1.54) is 19.2 Å². The van der Waals surface area contributed by atoms with Gasteiger partial charge in [-0.1, -0.05) is 35.9 Å². The average molecular weight is 502 g/mol. The molecule has 9 heteroatoms. The molecule has 3 aromatic carbocycles. The van der Waals surface area contributed by atoms with Gasteiger partial charge in [0.1, 0.15) is 22.8 Å². The van der Waals surface area contributed by atoms with Crippen molar-refractivity contribution in [2.75, 3.05) is 12.4 Å². The van der Waals surface area contributed by atoms with E-state index >= 15 is 0 Å². The van der Waals surface area contributed by atoms with Crippen LogP contribution in [0.5, 0.6) is 11.5 Å². The predicted molar refractivity (Wildman–Crippen MR) is 136 cm³/mol. The maximum absolute atomic E-state index is 13.4. The number of furan rings is 1. The lowest BCUT2D eigenvalue weighted by Crippen LogP contribution is -2.14. The largest absolute Gasteiger partial charge is 0.507 e. The fraction of sp³-hybridized carbons (Fsp3) is 0.0741. The molecular formula is C27H20ClN3O5. The van der Waals surface area contributed by atoms with Crippen LogP contribution in [0.25, 0.3) is 22.2 Å². The lowest BCUT2D eigenvalue weighted by Gasteiger charge is -2.07. The first-order valence-electron chi connectivity index (χ1n) is 10.9. The van der Waals surface area contributed by atoms with Gasteiger partial charge in [-0.25, -0.2) is 0 Å². The number of phenolic OH excluding ortho intramolecular Hbond substituents is 1. The molecule has 0 unspecified atom stereocenters. The number of methoxy groups -OCH3 is 1. The number of ether oxygens (including phenoxy) is 1. The highest BCUT2D eigenvalue weighted by atomic mass is 35.5. The number of nitrogens with zero attached hydrogens (tertiary/aromatic N) is 1. The minimum absolute atomic E-state index is 0.0400. The Labute approximate surface area is 210 Å². The molecule has 2 heterocycles. The lowest BCUT2D eigenvalue weighted by atomic mass is 10.1. The van der Waals surface area contributed by atoms with Crippen molar-refractivity contribution in [1.82, 2.24) is 10.2 Å². The fourth-order valence-corrected chi connectivity index (χ4v) is 4.15. The van der Waals surface area contributed by atoms with Crippen LogP contribution >= 0.6 is 11.6 Å². The van der Waals surface area contributed by atoms with E-state index in [1.807, 2.05) is 0 Å². The number of hydrogen-bond acceptors (Lipinski definition) is 6. The number of amides is 1. The van der Waals surface area contributed by atoms with Crippen molar-refractivity contribution in [3.8, 4) is 22.8 Å². The summed E-state index contributed by atoms with van der Waals surface area (Å²) in [5.74, 6) is -0.513. The molecule has 5 rings (SSSR count). The third-order valence-corrected chi connectivity index (χ3v) is 6.09. The number of carbonyl (C=O) groups excluding carboxylic acids is 2. The van der Waals surface area contributed by atoms with Crippen LogP contribution in [0.2, 0.25) is 5.02 Å². The third-order valence-electron chi connectivity index (χ3n) is 5.79. The zero-order chi connectivity index (χ0) is 25.4. The number of aromatic nitrogens is 2. The van der Waals surface area contributed by atoms with Crippen molar-refractivity contribution in [2.45, 2.75) is 6.92 Å². The van der Waals surface area contributed by atoms with Gasteiger partial charge >= 0.3 is 0 Å². The number of H-pyrrole nitrogens is 1. The molecule has 36 heavy (non-hydrogen) atoms. The van der Waals surface area contributed by atoms with E-state index < -0.39 is 11.7 Å². The Hall–Kier alpha value is -4.56. The number of halogens is 1. The first-order chi connectivity index (χ1) is 17.4. The van der Waals surface area contributed by atoms with Crippen LogP contribution in [0.15, 0.2) is 71.1 Å². The highest BCUT2D eigenvalue weighted by Crippen LogP contribution is 2.35. The van der Waals surface area contributed by atoms with Gasteiger partial charge in [0.05, 0.1) is 23.5 Å². The molecule has 0 spiro atoms. The summed E-state index contributed by atoms with van der Waals surface area (Å²) in [6.07, 6.45) is 0. The van der Waals surface area contributed by atoms with E-state index in [2.05, 4.69) is 15.5 Å².